The van der Waals surface area contributed by atoms with E-state index in [0.29, 0.717) is 31.0 Å². The van der Waals surface area contributed by atoms with Crippen LogP contribution in [0.4, 0.5) is 35.3 Å². The smallest absolute Gasteiger partial charge is 0.366 e. The molecule has 0 aromatic carbocycles. The van der Waals surface area contributed by atoms with Gasteiger partial charge >= 0.3 is 12.2 Å². The number of hydrogen-bond donors (Lipinski definition) is 2. The zero-order valence-electron chi connectivity index (χ0n) is 17.6. The molecule has 0 unspecified atom stereocenters. The summed E-state index contributed by atoms with van der Waals surface area (Å²) in [5.41, 5.74) is 0.472. The van der Waals surface area contributed by atoms with Crippen molar-refractivity contribution >= 4 is 29.3 Å². The fraction of sp³-hybridized carbons (Fsp3) is 0.429. The lowest BCUT2D eigenvalue weighted by atomic mass is 10.0. The van der Waals surface area contributed by atoms with Crippen LogP contribution in [0.5, 0.6) is 0 Å². The van der Waals surface area contributed by atoms with Crippen molar-refractivity contribution in [3.63, 3.8) is 0 Å². The van der Waals surface area contributed by atoms with Crippen LogP contribution >= 0.6 is 0 Å². The number of pyridine rings is 2. The van der Waals surface area contributed by atoms with Crippen LogP contribution in [-0.2, 0) is 0 Å². The van der Waals surface area contributed by atoms with Crippen LogP contribution in [0.1, 0.15) is 30.8 Å². The summed E-state index contributed by atoms with van der Waals surface area (Å²) in [6.45, 7) is 4.09. The molecule has 2 aromatic heterocycles. The number of fused-ring (bicyclic) bond motifs is 4. The molecule has 0 saturated carbocycles. The van der Waals surface area contributed by atoms with Gasteiger partial charge in [-0.15, -0.1) is 0 Å². The third kappa shape index (κ3) is 4.19. The van der Waals surface area contributed by atoms with E-state index < -0.39 is 30.1 Å². The number of halogens is 3. The van der Waals surface area contributed by atoms with E-state index in [2.05, 4.69) is 15.3 Å². The van der Waals surface area contributed by atoms with Gasteiger partial charge in [-0.3, -0.25) is 15.0 Å². The van der Waals surface area contributed by atoms with Gasteiger partial charge in [0.2, 0.25) is 0 Å². The van der Waals surface area contributed by atoms with Crippen molar-refractivity contribution in [3.8, 4) is 0 Å². The Kier molecular flexibility index (Phi) is 5.66. The average molecular weight is 448 g/mol. The SMILES string of the molecule is CC(C)[C@@H](NC(=O)c1ccc2c(n1)N(C(=O)Nc1ccccn1)[C@H]1CCN2C1)C(F)(F)F. The summed E-state index contributed by atoms with van der Waals surface area (Å²) < 4.78 is 39.9. The second-order valence-corrected chi connectivity index (χ2v) is 8.18. The maximum absolute atomic E-state index is 13.3. The van der Waals surface area contributed by atoms with Crippen LogP contribution in [0.15, 0.2) is 36.5 Å². The van der Waals surface area contributed by atoms with Gasteiger partial charge in [-0.05, 0) is 36.6 Å². The minimum absolute atomic E-state index is 0.171. The number of rotatable bonds is 4. The van der Waals surface area contributed by atoms with Crippen LogP contribution in [0, 0.1) is 5.92 Å². The maximum Gasteiger partial charge on any atom is 0.408 e. The van der Waals surface area contributed by atoms with Crippen LogP contribution in [-0.4, -0.2) is 53.3 Å². The Hall–Kier alpha value is -3.37. The van der Waals surface area contributed by atoms with E-state index in [9.17, 15) is 22.8 Å². The zero-order chi connectivity index (χ0) is 23.0. The highest BCUT2D eigenvalue weighted by Gasteiger charge is 2.44. The van der Waals surface area contributed by atoms with E-state index in [-0.39, 0.29) is 17.6 Å². The molecular formula is C21H23F3N6O2. The van der Waals surface area contributed by atoms with Crippen molar-refractivity contribution in [3.05, 3.63) is 42.2 Å². The lowest BCUT2D eigenvalue weighted by Gasteiger charge is -2.35. The normalized spacial score (nSPS) is 18.4. The highest BCUT2D eigenvalue weighted by atomic mass is 19.4. The van der Waals surface area contributed by atoms with E-state index in [1.165, 1.54) is 24.8 Å². The number of carbonyl (C=O) groups excluding carboxylic acids is 2. The van der Waals surface area contributed by atoms with Gasteiger partial charge in [-0.1, -0.05) is 19.9 Å². The summed E-state index contributed by atoms with van der Waals surface area (Å²) in [7, 11) is 0. The van der Waals surface area contributed by atoms with Gasteiger partial charge in [0.25, 0.3) is 5.91 Å². The largest absolute Gasteiger partial charge is 0.408 e. The first-order chi connectivity index (χ1) is 15.1. The molecule has 2 bridgehead atoms. The molecule has 2 atom stereocenters. The van der Waals surface area contributed by atoms with Gasteiger partial charge in [0, 0.05) is 19.3 Å². The molecule has 4 rings (SSSR count). The third-order valence-corrected chi connectivity index (χ3v) is 5.61. The highest BCUT2D eigenvalue weighted by Crippen LogP contribution is 2.39. The van der Waals surface area contributed by atoms with Gasteiger partial charge < -0.3 is 10.2 Å². The number of hydrogen-bond acceptors (Lipinski definition) is 5. The molecule has 32 heavy (non-hydrogen) atoms. The number of alkyl halides is 3. The fourth-order valence-electron chi connectivity index (χ4n) is 4.05. The minimum Gasteiger partial charge on any atom is -0.366 e. The molecule has 170 valence electrons. The van der Waals surface area contributed by atoms with Crippen LogP contribution in [0.3, 0.4) is 0 Å². The number of urea groups is 1. The van der Waals surface area contributed by atoms with Crippen LogP contribution in [0.2, 0.25) is 0 Å². The Morgan fingerprint density at radius 1 is 1.19 bits per heavy atom. The molecular weight excluding hydrogens is 425 g/mol. The topological polar surface area (TPSA) is 90.5 Å². The molecule has 2 aliphatic rings. The van der Waals surface area contributed by atoms with Gasteiger partial charge in [0.15, 0.2) is 5.82 Å². The minimum atomic E-state index is -4.59. The summed E-state index contributed by atoms with van der Waals surface area (Å²) in [4.78, 5) is 37.6. The highest BCUT2D eigenvalue weighted by molar-refractivity contribution is 6.05. The molecule has 2 aromatic rings. The third-order valence-electron chi connectivity index (χ3n) is 5.61. The summed E-state index contributed by atoms with van der Waals surface area (Å²) in [5.74, 6) is -1.19. The van der Waals surface area contributed by atoms with Crippen LogP contribution in [0.25, 0.3) is 0 Å². The summed E-state index contributed by atoms with van der Waals surface area (Å²) in [6, 6.07) is 5.47. The van der Waals surface area contributed by atoms with Crippen molar-refractivity contribution in [1.29, 1.82) is 0 Å². The second-order valence-electron chi connectivity index (χ2n) is 8.18. The predicted octanol–water partition coefficient (Wildman–Crippen LogP) is 3.42. The molecule has 0 aliphatic carbocycles. The molecule has 2 aliphatic heterocycles. The fourth-order valence-corrected chi connectivity index (χ4v) is 4.05. The molecule has 4 heterocycles. The number of amides is 3. The maximum atomic E-state index is 13.3. The van der Waals surface area contributed by atoms with Crippen molar-refractivity contribution in [2.45, 2.75) is 38.5 Å². The summed E-state index contributed by atoms with van der Waals surface area (Å²) in [5, 5.41) is 4.75. The Balaban J connectivity index is 1.63. The first-order valence-electron chi connectivity index (χ1n) is 10.3. The molecule has 3 amide bonds. The lowest BCUT2D eigenvalue weighted by molar-refractivity contribution is -0.162. The Morgan fingerprint density at radius 2 is 1.97 bits per heavy atom. The van der Waals surface area contributed by atoms with E-state index in [4.69, 9.17) is 0 Å². The number of nitrogens with zero attached hydrogens (tertiary/aromatic N) is 4. The number of carbonyl (C=O) groups is 2. The predicted molar refractivity (Wildman–Crippen MR) is 113 cm³/mol. The summed E-state index contributed by atoms with van der Waals surface area (Å²) >= 11 is 0. The second kappa shape index (κ2) is 8.29. The van der Waals surface area contributed by atoms with Crippen molar-refractivity contribution in [1.82, 2.24) is 15.3 Å². The number of nitrogens with one attached hydrogen (secondary N) is 2. The molecule has 1 saturated heterocycles. The molecule has 0 radical (unpaired) electrons. The van der Waals surface area contributed by atoms with Gasteiger partial charge in [0.1, 0.15) is 17.6 Å². The standard InChI is InChI=1S/C21H23F3N6O2/c1-12(2)17(21(22,23)24)28-19(31)14-6-7-15-18(26-14)30(13-8-10-29(15)11-13)20(32)27-16-5-3-4-9-25-16/h3-7,9,12-13,17H,8,10-11H2,1-2H3,(H,28,31)(H,25,27,32)/t13-,17+/m0/s1. The van der Waals surface area contributed by atoms with Crippen molar-refractivity contribution in [2.24, 2.45) is 5.92 Å². The molecule has 11 heteroatoms. The van der Waals surface area contributed by atoms with Crippen LogP contribution < -0.4 is 20.4 Å². The Morgan fingerprint density at radius 3 is 2.62 bits per heavy atom. The van der Waals surface area contributed by atoms with Gasteiger partial charge in [-0.25, -0.2) is 14.8 Å². The van der Waals surface area contributed by atoms with E-state index in [1.54, 1.807) is 30.5 Å². The van der Waals surface area contributed by atoms with Gasteiger partial charge in [-0.2, -0.15) is 13.2 Å². The average Bonchev–Trinajstić information content (AvgIpc) is 3.15. The summed E-state index contributed by atoms with van der Waals surface area (Å²) in [6.07, 6.45) is -2.34. The first kappa shape index (κ1) is 21.8. The zero-order valence-corrected chi connectivity index (χ0v) is 17.6. The number of aromatic nitrogens is 2. The van der Waals surface area contributed by atoms with E-state index in [0.717, 1.165) is 0 Å². The Bertz CT molecular complexity index is 1010. The first-order valence-corrected chi connectivity index (χ1v) is 10.3. The van der Waals surface area contributed by atoms with E-state index in [1.807, 2.05) is 10.2 Å². The molecule has 2 N–H and O–H groups in total. The van der Waals surface area contributed by atoms with Crippen molar-refractivity contribution < 1.29 is 22.8 Å². The van der Waals surface area contributed by atoms with E-state index >= 15 is 0 Å². The Labute approximate surface area is 182 Å². The quantitative estimate of drug-likeness (QED) is 0.748. The number of anilines is 3. The lowest BCUT2D eigenvalue weighted by Crippen LogP contribution is -2.50. The monoisotopic (exact) mass is 448 g/mol. The van der Waals surface area contributed by atoms with Crippen molar-refractivity contribution in [2.75, 3.05) is 28.2 Å². The van der Waals surface area contributed by atoms with Gasteiger partial charge in [0.05, 0.1) is 11.7 Å². The molecule has 1 fully saturated rings. The molecule has 0 spiro atoms. The molecule has 8 nitrogen and oxygen atoms in total.